The summed E-state index contributed by atoms with van der Waals surface area (Å²) in [5.41, 5.74) is 2.34. The Morgan fingerprint density at radius 2 is 1.67 bits per heavy atom. The number of carbonyl (C=O) groups is 3. The molecule has 0 atom stereocenters. The summed E-state index contributed by atoms with van der Waals surface area (Å²) in [7, 11) is 1.70. The van der Waals surface area contributed by atoms with Crippen molar-refractivity contribution in [3.05, 3.63) is 94.4 Å². The van der Waals surface area contributed by atoms with Gasteiger partial charge in [-0.25, -0.2) is 9.97 Å². The quantitative estimate of drug-likeness (QED) is 0.202. The summed E-state index contributed by atoms with van der Waals surface area (Å²) < 4.78 is 0. The number of benzene rings is 3. The predicted molar refractivity (Wildman–Crippen MR) is 168 cm³/mol. The molecule has 1 aliphatic rings. The zero-order valence-corrected chi connectivity index (χ0v) is 24.7. The fourth-order valence-electron chi connectivity index (χ4n) is 5.42. The van der Waals surface area contributed by atoms with Gasteiger partial charge in [-0.1, -0.05) is 73.3 Å². The van der Waals surface area contributed by atoms with E-state index in [-0.39, 0.29) is 41.5 Å². The van der Waals surface area contributed by atoms with Gasteiger partial charge in [0, 0.05) is 36.3 Å². The van der Waals surface area contributed by atoms with Crippen LogP contribution in [0.3, 0.4) is 0 Å². The average molecular weight is 600 g/mol. The van der Waals surface area contributed by atoms with E-state index in [9.17, 15) is 19.5 Å². The van der Waals surface area contributed by atoms with Crippen LogP contribution in [0, 0.1) is 0 Å². The summed E-state index contributed by atoms with van der Waals surface area (Å²) in [6.45, 7) is 0.0154. The third-order valence-electron chi connectivity index (χ3n) is 7.61. The highest BCUT2D eigenvalue weighted by atomic mass is 35.5. The molecule has 222 valence electrons. The van der Waals surface area contributed by atoms with Crippen molar-refractivity contribution < 1.29 is 19.5 Å². The lowest BCUT2D eigenvalue weighted by Crippen LogP contribution is -2.42. The van der Waals surface area contributed by atoms with Crippen LogP contribution < -0.4 is 15.5 Å². The summed E-state index contributed by atoms with van der Waals surface area (Å²) in [5.74, 6) is -0.714. The molecule has 0 spiro atoms. The highest BCUT2D eigenvalue weighted by Crippen LogP contribution is 2.26. The van der Waals surface area contributed by atoms with Crippen LogP contribution in [0.2, 0.25) is 5.15 Å². The number of fused-ring (bicyclic) bond motifs is 1. The molecule has 10 heteroatoms. The van der Waals surface area contributed by atoms with Gasteiger partial charge in [0.15, 0.2) is 0 Å². The molecule has 1 saturated carbocycles. The standard InChI is InChI=1S/C33H34ClN5O4/c1-39(20-29(40)35-25-9-3-2-4-10-25)32-27(19-30(41)42)31(34)37-28(38-32)17-21-11-15-26(16-12-21)36-33(43)24-14-13-22-7-5-6-8-23(22)18-24/h5-8,11-16,18,25H,2-4,9-10,17,19-20H2,1H3,(H,35,40)(H,36,43)(H,41,42). The van der Waals surface area contributed by atoms with E-state index < -0.39 is 5.97 Å². The second-order valence-corrected chi connectivity index (χ2v) is 11.3. The van der Waals surface area contributed by atoms with Crippen molar-refractivity contribution >= 4 is 51.7 Å². The summed E-state index contributed by atoms with van der Waals surface area (Å²) in [5, 5.41) is 17.6. The van der Waals surface area contributed by atoms with E-state index in [0.29, 0.717) is 29.3 Å². The topological polar surface area (TPSA) is 125 Å². The third-order valence-corrected chi connectivity index (χ3v) is 7.92. The number of hydrogen-bond donors (Lipinski definition) is 3. The normalized spacial score (nSPS) is 13.4. The monoisotopic (exact) mass is 599 g/mol. The molecule has 2 amide bonds. The SMILES string of the molecule is CN(CC(=O)NC1CCCCC1)c1nc(Cc2ccc(NC(=O)c3ccc4ccccc4c3)cc2)nc(Cl)c1CC(=O)O. The number of nitrogens with zero attached hydrogens (tertiary/aromatic N) is 3. The number of halogens is 1. The van der Waals surface area contributed by atoms with Crippen LogP contribution in [-0.4, -0.2) is 52.5 Å². The molecule has 3 aromatic carbocycles. The van der Waals surface area contributed by atoms with E-state index in [2.05, 4.69) is 20.6 Å². The number of amides is 2. The minimum absolute atomic E-state index is 0.0154. The largest absolute Gasteiger partial charge is 0.481 e. The van der Waals surface area contributed by atoms with Gasteiger partial charge in [-0.3, -0.25) is 14.4 Å². The van der Waals surface area contributed by atoms with Gasteiger partial charge in [-0.05, 0) is 53.4 Å². The molecule has 5 rings (SSSR count). The summed E-state index contributed by atoms with van der Waals surface area (Å²) in [4.78, 5) is 47.8. The number of likely N-dealkylation sites (N-methyl/N-ethyl adjacent to an activating group) is 1. The Morgan fingerprint density at radius 3 is 2.40 bits per heavy atom. The Morgan fingerprint density at radius 1 is 0.953 bits per heavy atom. The number of carbonyl (C=O) groups excluding carboxylic acids is 2. The van der Waals surface area contributed by atoms with Crippen LogP contribution in [0.15, 0.2) is 66.7 Å². The average Bonchev–Trinajstić information content (AvgIpc) is 2.99. The second-order valence-electron chi connectivity index (χ2n) is 11.0. The van der Waals surface area contributed by atoms with Gasteiger partial charge in [-0.15, -0.1) is 0 Å². The molecule has 1 aromatic heterocycles. The molecule has 1 fully saturated rings. The maximum absolute atomic E-state index is 12.8. The lowest BCUT2D eigenvalue weighted by Gasteiger charge is -2.25. The molecule has 1 aliphatic carbocycles. The molecule has 4 aromatic rings. The Bertz CT molecular complexity index is 1640. The van der Waals surface area contributed by atoms with Crippen molar-refractivity contribution in [1.29, 1.82) is 0 Å². The molecule has 0 bridgehead atoms. The summed E-state index contributed by atoms with van der Waals surface area (Å²) in [6, 6.07) is 21.0. The predicted octanol–water partition coefficient (Wildman–Crippen LogP) is 5.64. The van der Waals surface area contributed by atoms with Crippen molar-refractivity contribution in [2.24, 2.45) is 0 Å². The van der Waals surface area contributed by atoms with Crippen LogP contribution in [0.4, 0.5) is 11.5 Å². The van der Waals surface area contributed by atoms with Gasteiger partial charge >= 0.3 is 5.97 Å². The van der Waals surface area contributed by atoms with Crippen molar-refractivity contribution in [3.63, 3.8) is 0 Å². The minimum atomic E-state index is -1.07. The maximum Gasteiger partial charge on any atom is 0.308 e. The number of aliphatic carboxylic acids is 1. The van der Waals surface area contributed by atoms with Gasteiger partial charge in [0.25, 0.3) is 5.91 Å². The Hall–Kier alpha value is -4.50. The lowest BCUT2D eigenvalue weighted by molar-refractivity contribution is -0.136. The van der Waals surface area contributed by atoms with Crippen LogP contribution in [0.5, 0.6) is 0 Å². The van der Waals surface area contributed by atoms with Crippen molar-refractivity contribution in [1.82, 2.24) is 15.3 Å². The van der Waals surface area contributed by atoms with Crippen molar-refractivity contribution in [2.45, 2.75) is 51.0 Å². The number of anilines is 2. The van der Waals surface area contributed by atoms with Crippen LogP contribution in [-0.2, 0) is 22.4 Å². The molecule has 3 N–H and O–H groups in total. The second kappa shape index (κ2) is 13.6. The third kappa shape index (κ3) is 7.87. The van der Waals surface area contributed by atoms with Gasteiger partial charge in [0.05, 0.1) is 13.0 Å². The first kappa shape index (κ1) is 30.0. The molecule has 0 radical (unpaired) electrons. The fraction of sp³-hybridized carbons (Fsp3) is 0.303. The van der Waals surface area contributed by atoms with Gasteiger partial charge in [0.1, 0.15) is 16.8 Å². The minimum Gasteiger partial charge on any atom is -0.481 e. The molecule has 0 aliphatic heterocycles. The molecule has 1 heterocycles. The maximum atomic E-state index is 12.8. The summed E-state index contributed by atoms with van der Waals surface area (Å²) >= 11 is 6.47. The number of hydrogen-bond acceptors (Lipinski definition) is 6. The number of carboxylic acids is 1. The van der Waals surface area contributed by atoms with E-state index in [1.54, 1.807) is 30.1 Å². The molecule has 43 heavy (non-hydrogen) atoms. The number of aromatic nitrogens is 2. The zero-order valence-electron chi connectivity index (χ0n) is 24.0. The highest BCUT2D eigenvalue weighted by Gasteiger charge is 2.22. The lowest BCUT2D eigenvalue weighted by atomic mass is 9.95. The molecule has 0 saturated heterocycles. The first-order valence-corrected chi connectivity index (χ1v) is 14.8. The van der Waals surface area contributed by atoms with Crippen LogP contribution in [0.25, 0.3) is 10.8 Å². The van der Waals surface area contributed by atoms with E-state index in [0.717, 1.165) is 42.0 Å². The number of nitrogens with one attached hydrogen (secondary N) is 2. The Kier molecular flexibility index (Phi) is 9.51. The Balaban J connectivity index is 1.28. The van der Waals surface area contributed by atoms with Crippen molar-refractivity contribution in [3.8, 4) is 0 Å². The van der Waals surface area contributed by atoms with Gasteiger partial charge in [-0.2, -0.15) is 0 Å². The molecular formula is C33H34ClN5O4. The number of carboxylic acid groups (broad SMARTS) is 1. The highest BCUT2D eigenvalue weighted by molar-refractivity contribution is 6.30. The van der Waals surface area contributed by atoms with Crippen LogP contribution >= 0.6 is 11.6 Å². The number of rotatable bonds is 10. The van der Waals surface area contributed by atoms with Crippen molar-refractivity contribution in [2.75, 3.05) is 23.8 Å². The van der Waals surface area contributed by atoms with Gasteiger partial charge in [0.2, 0.25) is 5.91 Å². The smallest absolute Gasteiger partial charge is 0.308 e. The molecule has 9 nitrogen and oxygen atoms in total. The molecular weight excluding hydrogens is 566 g/mol. The van der Waals surface area contributed by atoms with Gasteiger partial charge < -0.3 is 20.6 Å². The van der Waals surface area contributed by atoms with Crippen LogP contribution in [0.1, 0.15) is 59.4 Å². The fourth-order valence-corrected chi connectivity index (χ4v) is 5.67. The van der Waals surface area contributed by atoms with E-state index >= 15 is 0 Å². The first-order valence-electron chi connectivity index (χ1n) is 14.4. The van der Waals surface area contributed by atoms with E-state index in [4.69, 9.17) is 11.6 Å². The summed E-state index contributed by atoms with van der Waals surface area (Å²) in [6.07, 6.45) is 5.29. The first-order chi connectivity index (χ1) is 20.7. The van der Waals surface area contributed by atoms with E-state index in [1.165, 1.54) is 6.42 Å². The molecule has 0 unspecified atom stereocenters. The Labute approximate surface area is 255 Å². The van der Waals surface area contributed by atoms with E-state index in [1.807, 2.05) is 48.5 Å². The zero-order chi connectivity index (χ0) is 30.3.